The summed E-state index contributed by atoms with van der Waals surface area (Å²) in [6.45, 7) is 1.91. The summed E-state index contributed by atoms with van der Waals surface area (Å²) < 4.78 is 10.2. The van der Waals surface area contributed by atoms with Crippen LogP contribution in [0.25, 0.3) is 0 Å². The first-order chi connectivity index (χ1) is 5.25. The second kappa shape index (κ2) is 3.55. The van der Waals surface area contributed by atoms with Crippen LogP contribution in [0.2, 0.25) is 0 Å². The lowest BCUT2D eigenvalue weighted by Gasteiger charge is -2.15. The summed E-state index contributed by atoms with van der Waals surface area (Å²) in [5.74, 6) is 0.763. The van der Waals surface area contributed by atoms with Crippen molar-refractivity contribution in [2.75, 3.05) is 7.11 Å². The smallest absolute Gasteiger partial charge is 0.123 e. The molecule has 1 aromatic heterocycles. The van der Waals surface area contributed by atoms with E-state index in [-0.39, 0.29) is 12.1 Å². The molecule has 1 heterocycles. The first-order valence-corrected chi connectivity index (χ1v) is 3.57. The van der Waals surface area contributed by atoms with E-state index in [4.69, 9.17) is 14.9 Å². The average molecular weight is 155 g/mol. The van der Waals surface area contributed by atoms with Gasteiger partial charge in [0.15, 0.2) is 0 Å². The van der Waals surface area contributed by atoms with Crippen molar-refractivity contribution in [1.82, 2.24) is 0 Å². The maximum Gasteiger partial charge on any atom is 0.123 e. The van der Waals surface area contributed by atoms with E-state index in [1.54, 1.807) is 13.4 Å². The monoisotopic (exact) mass is 155 g/mol. The molecular weight excluding hydrogens is 142 g/mol. The second-order valence-corrected chi connectivity index (χ2v) is 2.48. The molecule has 1 rings (SSSR count). The molecule has 0 saturated heterocycles. The van der Waals surface area contributed by atoms with E-state index in [1.165, 1.54) is 0 Å². The van der Waals surface area contributed by atoms with E-state index in [2.05, 4.69) is 0 Å². The summed E-state index contributed by atoms with van der Waals surface area (Å²) in [6.07, 6.45) is 1.60. The topological polar surface area (TPSA) is 48.4 Å². The molecular formula is C8H13NO2. The highest BCUT2D eigenvalue weighted by molar-refractivity contribution is 5.04. The first kappa shape index (κ1) is 8.30. The van der Waals surface area contributed by atoms with Gasteiger partial charge in [-0.2, -0.15) is 0 Å². The lowest BCUT2D eigenvalue weighted by atomic mass is 10.1. The van der Waals surface area contributed by atoms with Gasteiger partial charge in [-0.15, -0.1) is 0 Å². The van der Waals surface area contributed by atoms with Gasteiger partial charge in [0.1, 0.15) is 5.76 Å². The quantitative estimate of drug-likeness (QED) is 0.716. The Morgan fingerprint density at radius 3 is 2.82 bits per heavy atom. The molecule has 0 spiro atoms. The molecule has 0 aromatic carbocycles. The van der Waals surface area contributed by atoms with Gasteiger partial charge in [0.05, 0.1) is 18.4 Å². The minimum Gasteiger partial charge on any atom is -0.468 e. The summed E-state index contributed by atoms with van der Waals surface area (Å²) in [6, 6.07) is 3.49. The van der Waals surface area contributed by atoms with Crippen LogP contribution < -0.4 is 5.73 Å². The number of hydrogen-bond acceptors (Lipinski definition) is 3. The third-order valence-corrected chi connectivity index (χ3v) is 1.75. The van der Waals surface area contributed by atoms with Crippen molar-refractivity contribution in [3.63, 3.8) is 0 Å². The van der Waals surface area contributed by atoms with Crippen LogP contribution in [0.3, 0.4) is 0 Å². The van der Waals surface area contributed by atoms with Gasteiger partial charge in [0.25, 0.3) is 0 Å². The van der Waals surface area contributed by atoms with Crippen molar-refractivity contribution < 1.29 is 9.15 Å². The standard InChI is InChI=1S/C8H13NO2/c1-6(10-2)8(9)7-4-3-5-11-7/h3-6,8H,9H2,1-2H3. The number of methoxy groups -OCH3 is 1. The molecule has 2 atom stereocenters. The molecule has 0 aliphatic rings. The Bertz CT molecular complexity index is 196. The first-order valence-electron chi connectivity index (χ1n) is 3.57. The number of furan rings is 1. The minimum atomic E-state index is -0.171. The fourth-order valence-corrected chi connectivity index (χ4v) is 0.859. The van der Waals surface area contributed by atoms with Gasteiger partial charge in [-0.25, -0.2) is 0 Å². The van der Waals surface area contributed by atoms with Crippen molar-refractivity contribution in [2.24, 2.45) is 5.73 Å². The minimum absolute atomic E-state index is 0.0128. The zero-order chi connectivity index (χ0) is 8.27. The molecule has 3 heteroatoms. The molecule has 2 N–H and O–H groups in total. The van der Waals surface area contributed by atoms with E-state index in [9.17, 15) is 0 Å². The van der Waals surface area contributed by atoms with Crippen LogP contribution in [-0.4, -0.2) is 13.2 Å². The second-order valence-electron chi connectivity index (χ2n) is 2.48. The molecule has 11 heavy (non-hydrogen) atoms. The molecule has 62 valence electrons. The van der Waals surface area contributed by atoms with Crippen LogP contribution in [0.5, 0.6) is 0 Å². The van der Waals surface area contributed by atoms with Gasteiger partial charge < -0.3 is 14.9 Å². The number of hydrogen-bond donors (Lipinski definition) is 1. The lowest BCUT2D eigenvalue weighted by molar-refractivity contribution is 0.0889. The normalized spacial score (nSPS) is 16.3. The van der Waals surface area contributed by atoms with Gasteiger partial charge in [0.2, 0.25) is 0 Å². The average Bonchev–Trinajstić information content (AvgIpc) is 2.53. The van der Waals surface area contributed by atoms with Crippen LogP contribution in [0, 0.1) is 0 Å². The van der Waals surface area contributed by atoms with Crippen molar-refractivity contribution in [1.29, 1.82) is 0 Å². The summed E-state index contributed by atoms with van der Waals surface area (Å²) in [7, 11) is 1.63. The molecule has 0 saturated carbocycles. The molecule has 2 unspecified atom stereocenters. The fraction of sp³-hybridized carbons (Fsp3) is 0.500. The van der Waals surface area contributed by atoms with Crippen LogP contribution in [-0.2, 0) is 4.74 Å². The Labute approximate surface area is 66.1 Å². The summed E-state index contributed by atoms with van der Waals surface area (Å²) in [5.41, 5.74) is 5.77. The van der Waals surface area contributed by atoms with Gasteiger partial charge >= 0.3 is 0 Å². The van der Waals surface area contributed by atoms with Gasteiger partial charge in [-0.1, -0.05) is 0 Å². The van der Waals surface area contributed by atoms with Gasteiger partial charge in [0, 0.05) is 7.11 Å². The number of rotatable bonds is 3. The highest BCUT2D eigenvalue weighted by atomic mass is 16.5. The predicted molar refractivity (Wildman–Crippen MR) is 42.1 cm³/mol. The van der Waals surface area contributed by atoms with E-state index in [0.717, 1.165) is 5.76 Å². The highest BCUT2D eigenvalue weighted by Crippen LogP contribution is 2.15. The Kier molecular flexibility index (Phi) is 2.68. The molecule has 0 aliphatic heterocycles. The van der Waals surface area contributed by atoms with Crippen LogP contribution in [0.4, 0.5) is 0 Å². The van der Waals surface area contributed by atoms with E-state index < -0.39 is 0 Å². The Morgan fingerprint density at radius 2 is 2.36 bits per heavy atom. The zero-order valence-corrected chi connectivity index (χ0v) is 6.78. The maximum absolute atomic E-state index is 5.77. The molecule has 0 amide bonds. The van der Waals surface area contributed by atoms with E-state index in [1.807, 2.05) is 19.1 Å². The zero-order valence-electron chi connectivity index (χ0n) is 6.78. The highest BCUT2D eigenvalue weighted by Gasteiger charge is 2.15. The Balaban J connectivity index is 2.62. The fourth-order valence-electron chi connectivity index (χ4n) is 0.859. The van der Waals surface area contributed by atoms with E-state index >= 15 is 0 Å². The van der Waals surface area contributed by atoms with Crippen LogP contribution >= 0.6 is 0 Å². The summed E-state index contributed by atoms with van der Waals surface area (Å²) in [4.78, 5) is 0. The molecule has 0 bridgehead atoms. The number of ether oxygens (including phenoxy) is 1. The molecule has 3 nitrogen and oxygen atoms in total. The summed E-state index contributed by atoms with van der Waals surface area (Å²) in [5, 5.41) is 0. The molecule has 0 radical (unpaired) electrons. The Morgan fingerprint density at radius 1 is 1.64 bits per heavy atom. The van der Waals surface area contributed by atoms with Gasteiger partial charge in [-0.3, -0.25) is 0 Å². The van der Waals surface area contributed by atoms with Crippen molar-refractivity contribution in [3.8, 4) is 0 Å². The largest absolute Gasteiger partial charge is 0.468 e. The third-order valence-electron chi connectivity index (χ3n) is 1.75. The summed E-state index contributed by atoms with van der Waals surface area (Å²) >= 11 is 0. The van der Waals surface area contributed by atoms with Crippen molar-refractivity contribution in [2.45, 2.75) is 19.1 Å². The van der Waals surface area contributed by atoms with Gasteiger partial charge in [-0.05, 0) is 19.1 Å². The molecule has 1 aromatic rings. The third kappa shape index (κ3) is 1.82. The van der Waals surface area contributed by atoms with Crippen LogP contribution in [0.1, 0.15) is 18.7 Å². The van der Waals surface area contributed by atoms with Crippen molar-refractivity contribution >= 4 is 0 Å². The number of nitrogens with two attached hydrogens (primary N) is 1. The lowest BCUT2D eigenvalue weighted by Crippen LogP contribution is -2.24. The predicted octanol–water partition coefficient (Wildman–Crippen LogP) is 1.31. The maximum atomic E-state index is 5.77. The van der Waals surface area contributed by atoms with E-state index in [0.29, 0.717) is 0 Å². The van der Waals surface area contributed by atoms with Crippen molar-refractivity contribution in [3.05, 3.63) is 24.2 Å². The van der Waals surface area contributed by atoms with Crippen LogP contribution in [0.15, 0.2) is 22.8 Å². The molecule has 0 aliphatic carbocycles. The SMILES string of the molecule is COC(C)C(N)c1ccco1. The molecule has 0 fully saturated rings. The Hall–Kier alpha value is -0.800.